The summed E-state index contributed by atoms with van der Waals surface area (Å²) in [6.45, 7) is 4.56. The van der Waals surface area contributed by atoms with Gasteiger partial charge < -0.3 is 18.3 Å². The van der Waals surface area contributed by atoms with Gasteiger partial charge in [0.2, 0.25) is 0 Å². The summed E-state index contributed by atoms with van der Waals surface area (Å²) in [7, 11) is 0. The third-order valence-corrected chi connectivity index (χ3v) is 11.4. The van der Waals surface area contributed by atoms with Crippen molar-refractivity contribution in [1.82, 2.24) is 23.5 Å². The van der Waals surface area contributed by atoms with E-state index in [4.69, 9.17) is 14.7 Å². The maximum atomic E-state index is 6.60. The van der Waals surface area contributed by atoms with Gasteiger partial charge in [-0.2, -0.15) is 6.07 Å². The van der Waals surface area contributed by atoms with E-state index in [0.29, 0.717) is 11.5 Å². The molecule has 0 saturated heterocycles. The molecule has 0 atom stereocenters. The Labute approximate surface area is 323 Å². The fourth-order valence-electron chi connectivity index (χ4n) is 9.04. The number of benzene rings is 6. The first-order valence-electron chi connectivity index (χ1n) is 17.9. The third-order valence-electron chi connectivity index (χ3n) is 11.4. The van der Waals surface area contributed by atoms with Crippen LogP contribution >= 0.6 is 0 Å². The van der Waals surface area contributed by atoms with E-state index in [1.165, 1.54) is 38.3 Å². The summed E-state index contributed by atoms with van der Waals surface area (Å²) in [4.78, 5) is 9.78. The number of fused-ring (bicyclic) bond motifs is 15. The molecule has 12 rings (SSSR count). The molecule has 7 heteroatoms. The number of para-hydroxylation sites is 3. The molecule has 6 heterocycles. The number of aromatic nitrogens is 5. The van der Waals surface area contributed by atoms with E-state index < -0.39 is 0 Å². The number of pyridine rings is 2. The van der Waals surface area contributed by atoms with Gasteiger partial charge in [0.1, 0.15) is 5.82 Å². The van der Waals surface area contributed by atoms with Crippen molar-refractivity contribution in [3.63, 3.8) is 0 Å². The van der Waals surface area contributed by atoms with Crippen LogP contribution in [0.15, 0.2) is 140 Å². The van der Waals surface area contributed by atoms with Gasteiger partial charge in [0.15, 0.2) is 0 Å². The standard InChI is InChI=1S/C47H29N5O.Pd/c1-47(2)37-14-8-13-33-32-20-18-30(27-41(32)52(43(33)37)46-38(47)15-9-23-48-46)53-29-17-19-31-34-21-22-40-42(44(34)50-25-24-49-45(50)36(31)26-29)35-12-6-7-16-39(35)51(40)28-10-4-3-5-11-28;/h3-25H,1-2H3;/q-2;+2. The zero-order chi connectivity index (χ0) is 35.0. The van der Waals surface area contributed by atoms with E-state index in [-0.39, 0.29) is 25.8 Å². The average Bonchev–Trinajstić information content (AvgIpc) is 3.91. The molecule has 0 amide bonds. The average molecular weight is 786 g/mol. The van der Waals surface area contributed by atoms with Crippen LogP contribution in [-0.4, -0.2) is 23.5 Å². The van der Waals surface area contributed by atoms with Gasteiger partial charge >= 0.3 is 20.4 Å². The monoisotopic (exact) mass is 785 g/mol. The molecule has 54 heavy (non-hydrogen) atoms. The minimum atomic E-state index is -0.181. The van der Waals surface area contributed by atoms with Gasteiger partial charge in [0.05, 0.1) is 16.7 Å². The molecule has 0 unspecified atom stereocenters. The summed E-state index contributed by atoms with van der Waals surface area (Å²) in [6, 6.07) is 50.0. The summed E-state index contributed by atoms with van der Waals surface area (Å²) in [5, 5.41) is 7.82. The summed E-state index contributed by atoms with van der Waals surface area (Å²) in [5.74, 6) is 2.16. The second-order valence-electron chi connectivity index (χ2n) is 14.5. The maximum Gasteiger partial charge on any atom is 2.00 e. The Morgan fingerprint density at radius 2 is 1.31 bits per heavy atom. The zero-order valence-corrected chi connectivity index (χ0v) is 30.8. The summed E-state index contributed by atoms with van der Waals surface area (Å²) >= 11 is 0. The number of hydrogen-bond donors (Lipinski definition) is 0. The van der Waals surface area contributed by atoms with Crippen molar-refractivity contribution in [2.45, 2.75) is 19.3 Å². The fourth-order valence-corrected chi connectivity index (χ4v) is 9.04. The van der Waals surface area contributed by atoms with Crippen LogP contribution in [0.25, 0.3) is 82.4 Å². The third kappa shape index (κ3) is 4.03. The number of hydrogen-bond acceptors (Lipinski definition) is 3. The van der Waals surface area contributed by atoms with Crippen LogP contribution in [0.2, 0.25) is 0 Å². The molecule has 0 fully saturated rings. The van der Waals surface area contributed by atoms with Gasteiger partial charge in [-0.15, -0.1) is 29.7 Å². The minimum absolute atomic E-state index is 0. The molecule has 0 spiro atoms. The van der Waals surface area contributed by atoms with E-state index in [2.05, 4.69) is 149 Å². The first kappa shape index (κ1) is 31.3. The van der Waals surface area contributed by atoms with Crippen LogP contribution in [0.5, 0.6) is 11.5 Å². The van der Waals surface area contributed by atoms with E-state index in [0.717, 1.165) is 55.2 Å². The number of imidazole rings is 1. The molecule has 1 aliphatic heterocycles. The molecule has 0 radical (unpaired) electrons. The zero-order valence-electron chi connectivity index (χ0n) is 29.2. The number of nitrogens with zero attached hydrogens (tertiary/aromatic N) is 5. The first-order chi connectivity index (χ1) is 26.1. The quantitative estimate of drug-likeness (QED) is 0.102. The fraction of sp³-hybridized carbons (Fsp3) is 0.0638. The summed E-state index contributed by atoms with van der Waals surface area (Å²) in [5.41, 5.74) is 9.83. The summed E-state index contributed by atoms with van der Waals surface area (Å²) in [6.07, 6.45) is 5.80. The van der Waals surface area contributed by atoms with Crippen molar-refractivity contribution in [3.8, 4) is 23.0 Å². The van der Waals surface area contributed by atoms with Gasteiger partial charge in [-0.3, -0.25) is 4.98 Å². The van der Waals surface area contributed by atoms with Crippen LogP contribution in [0, 0.1) is 12.1 Å². The predicted molar refractivity (Wildman–Crippen MR) is 213 cm³/mol. The SMILES string of the molecule is CC1(C)c2cccnc2-n2c3[c-]c(Oc4[c-]c5c(cc4)c4ccc6c(c7ccccc7n6-c6ccccc6)c4n4ccnc54)ccc3c3cccc1c32.[Pd+2]. The Morgan fingerprint density at radius 3 is 2.20 bits per heavy atom. The van der Waals surface area contributed by atoms with E-state index in [9.17, 15) is 0 Å². The van der Waals surface area contributed by atoms with Crippen molar-refractivity contribution < 1.29 is 25.2 Å². The molecule has 6 aromatic carbocycles. The van der Waals surface area contributed by atoms with Gasteiger partial charge in [-0.1, -0.05) is 103 Å². The molecule has 0 aliphatic carbocycles. The maximum absolute atomic E-state index is 6.60. The Balaban J connectivity index is 0.00000341. The molecular weight excluding hydrogens is 757 g/mol. The van der Waals surface area contributed by atoms with Crippen molar-refractivity contribution in [1.29, 1.82) is 0 Å². The molecule has 0 N–H and O–H groups in total. The predicted octanol–water partition coefficient (Wildman–Crippen LogP) is 11.3. The van der Waals surface area contributed by atoms with Crippen molar-refractivity contribution in [3.05, 3.63) is 163 Å². The Morgan fingerprint density at radius 1 is 0.574 bits per heavy atom. The van der Waals surface area contributed by atoms with Crippen LogP contribution in [-0.2, 0) is 25.8 Å². The Hall–Kier alpha value is -6.26. The largest absolute Gasteiger partial charge is 2.00 e. The molecule has 11 aromatic rings. The number of ether oxygens (including phenoxy) is 1. The van der Waals surface area contributed by atoms with E-state index in [1.807, 2.05) is 30.6 Å². The Kier molecular flexibility index (Phi) is 6.45. The van der Waals surface area contributed by atoms with Crippen molar-refractivity contribution >= 4 is 70.9 Å². The second kappa shape index (κ2) is 11.1. The molecule has 0 saturated carbocycles. The first-order valence-corrected chi connectivity index (χ1v) is 17.9. The molecular formula is C47H29N5OPd. The summed E-state index contributed by atoms with van der Waals surface area (Å²) < 4.78 is 13.4. The van der Waals surface area contributed by atoms with Crippen LogP contribution in [0.1, 0.15) is 25.0 Å². The smallest absolute Gasteiger partial charge is 0.503 e. The van der Waals surface area contributed by atoms with Gasteiger partial charge in [-0.25, -0.2) is 4.98 Å². The Bertz CT molecular complexity index is 3350. The van der Waals surface area contributed by atoms with E-state index >= 15 is 0 Å². The van der Waals surface area contributed by atoms with Crippen molar-refractivity contribution in [2.24, 2.45) is 0 Å². The second-order valence-corrected chi connectivity index (χ2v) is 14.5. The van der Waals surface area contributed by atoms with Crippen molar-refractivity contribution in [2.75, 3.05) is 0 Å². The van der Waals surface area contributed by atoms with Crippen LogP contribution < -0.4 is 4.74 Å². The molecule has 0 bridgehead atoms. The van der Waals surface area contributed by atoms with Crippen LogP contribution in [0.3, 0.4) is 0 Å². The molecule has 258 valence electrons. The van der Waals surface area contributed by atoms with Gasteiger partial charge in [0, 0.05) is 68.6 Å². The number of rotatable bonds is 3. The van der Waals surface area contributed by atoms with Crippen LogP contribution in [0.4, 0.5) is 0 Å². The molecule has 6 nitrogen and oxygen atoms in total. The molecule has 5 aromatic heterocycles. The minimum Gasteiger partial charge on any atom is -0.503 e. The van der Waals surface area contributed by atoms with E-state index in [1.54, 1.807) is 0 Å². The van der Waals surface area contributed by atoms with Gasteiger partial charge in [-0.05, 0) is 46.7 Å². The normalized spacial score (nSPS) is 13.4. The topological polar surface area (TPSA) is 49.3 Å². The molecule has 1 aliphatic rings. The van der Waals surface area contributed by atoms with Gasteiger partial charge in [0.25, 0.3) is 0 Å².